The average molecular weight is 580 g/mol. The summed E-state index contributed by atoms with van der Waals surface area (Å²) in [5.41, 5.74) is 0.494. The van der Waals surface area contributed by atoms with Crippen molar-refractivity contribution in [2.45, 2.75) is 33.1 Å². The number of fused-ring (bicyclic) bond motifs is 1. The number of pyridine rings is 1. The van der Waals surface area contributed by atoms with Crippen LogP contribution in [0, 0.1) is 16.7 Å². The number of benzene rings is 2. The summed E-state index contributed by atoms with van der Waals surface area (Å²) >= 11 is 0. The zero-order chi connectivity index (χ0) is 30.1. The maximum atomic E-state index is 14.2. The van der Waals surface area contributed by atoms with E-state index in [2.05, 4.69) is 26.3 Å². The number of aliphatic hydroxyl groups excluding tert-OH is 1. The standard InChI is InChI=1S/C30H28F3N5O4/c1-17(2)41-23-6-4-18(10-19(23)12-34)21-13-36-27-26(21)25(8-9-35-27)42-24-7-5-20(11-22(24)30(31,32)33)38-28-37-14-29(3,15-39)16-40-28/h4-11,13,17,39H,14-16H2,1-3H3,(H,35,36)(H,37,38). The van der Waals surface area contributed by atoms with Gasteiger partial charge < -0.3 is 29.6 Å². The van der Waals surface area contributed by atoms with Crippen molar-refractivity contribution in [3.8, 4) is 34.4 Å². The number of aromatic nitrogens is 2. The molecule has 0 spiro atoms. The summed E-state index contributed by atoms with van der Waals surface area (Å²) in [6.07, 6.45) is -1.78. The third-order valence-electron chi connectivity index (χ3n) is 6.61. The Morgan fingerprint density at radius 1 is 1.17 bits per heavy atom. The van der Waals surface area contributed by atoms with E-state index in [1.807, 2.05) is 13.8 Å². The van der Waals surface area contributed by atoms with Crippen LogP contribution in [0.2, 0.25) is 0 Å². The number of nitriles is 1. The third kappa shape index (κ3) is 5.96. The minimum absolute atomic E-state index is 0.0667. The molecule has 0 bridgehead atoms. The van der Waals surface area contributed by atoms with Crippen LogP contribution in [0.3, 0.4) is 0 Å². The number of aliphatic imine (C=N–C) groups is 1. The first-order valence-corrected chi connectivity index (χ1v) is 13.1. The van der Waals surface area contributed by atoms with Crippen LogP contribution in [0.4, 0.5) is 18.9 Å². The number of H-pyrrole nitrogens is 1. The molecule has 218 valence electrons. The van der Waals surface area contributed by atoms with E-state index in [1.54, 1.807) is 31.3 Å². The summed E-state index contributed by atoms with van der Waals surface area (Å²) in [6, 6.07) is 12.3. The summed E-state index contributed by atoms with van der Waals surface area (Å²) < 4.78 is 59.7. The molecule has 1 unspecified atom stereocenters. The number of aliphatic hydroxyl groups is 1. The molecule has 0 fully saturated rings. The van der Waals surface area contributed by atoms with Gasteiger partial charge in [-0.15, -0.1) is 0 Å². The lowest BCUT2D eigenvalue weighted by molar-refractivity contribution is -0.138. The minimum Gasteiger partial charge on any atom is -0.490 e. The van der Waals surface area contributed by atoms with Crippen LogP contribution in [-0.2, 0) is 10.9 Å². The molecular formula is C30H28F3N5O4. The molecule has 0 amide bonds. The summed E-state index contributed by atoms with van der Waals surface area (Å²) in [4.78, 5) is 11.5. The summed E-state index contributed by atoms with van der Waals surface area (Å²) in [5, 5.41) is 22.4. The fourth-order valence-corrected chi connectivity index (χ4v) is 4.41. The lowest BCUT2D eigenvalue weighted by atomic mass is 9.93. The topological polar surface area (TPSA) is 125 Å². The van der Waals surface area contributed by atoms with E-state index >= 15 is 0 Å². The molecule has 1 aliphatic rings. The van der Waals surface area contributed by atoms with Crippen molar-refractivity contribution in [2.75, 3.05) is 25.1 Å². The van der Waals surface area contributed by atoms with E-state index in [0.29, 0.717) is 33.5 Å². The number of nitrogens with zero attached hydrogens (tertiary/aromatic N) is 3. The number of amidine groups is 1. The van der Waals surface area contributed by atoms with Gasteiger partial charge >= 0.3 is 6.18 Å². The molecule has 4 aromatic rings. The van der Waals surface area contributed by atoms with Crippen LogP contribution in [0.5, 0.6) is 17.2 Å². The number of alkyl halides is 3. The first-order valence-electron chi connectivity index (χ1n) is 13.1. The maximum absolute atomic E-state index is 14.2. The molecule has 2 aromatic heterocycles. The van der Waals surface area contributed by atoms with Crippen LogP contribution in [-0.4, -0.2) is 47.0 Å². The Hall–Kier alpha value is -4.76. The summed E-state index contributed by atoms with van der Waals surface area (Å²) in [6.45, 7) is 5.81. The van der Waals surface area contributed by atoms with Gasteiger partial charge in [0.1, 0.15) is 41.1 Å². The van der Waals surface area contributed by atoms with Gasteiger partial charge in [-0.2, -0.15) is 18.4 Å². The van der Waals surface area contributed by atoms with Crippen molar-refractivity contribution in [1.82, 2.24) is 9.97 Å². The monoisotopic (exact) mass is 579 g/mol. The predicted octanol–water partition coefficient (Wildman–Crippen LogP) is 6.50. The first kappa shape index (κ1) is 28.8. The molecule has 0 saturated carbocycles. The molecule has 2 aromatic carbocycles. The zero-order valence-electron chi connectivity index (χ0n) is 23.0. The SMILES string of the molecule is CC(C)Oc1ccc(-c2c[nH]c3nccc(Oc4ccc(NC5=NCC(C)(CO)CO5)cc4C(F)(F)F)c23)cc1C#N. The van der Waals surface area contributed by atoms with Gasteiger partial charge in [0.25, 0.3) is 6.02 Å². The number of hydrogen-bond acceptors (Lipinski definition) is 8. The number of anilines is 1. The fraction of sp³-hybridized carbons (Fsp3) is 0.300. The predicted molar refractivity (Wildman–Crippen MR) is 151 cm³/mol. The van der Waals surface area contributed by atoms with E-state index in [-0.39, 0.29) is 43.3 Å². The molecule has 0 radical (unpaired) electrons. The molecule has 3 N–H and O–H groups in total. The Kier molecular flexibility index (Phi) is 7.71. The van der Waals surface area contributed by atoms with Crippen molar-refractivity contribution in [2.24, 2.45) is 10.4 Å². The fourth-order valence-electron chi connectivity index (χ4n) is 4.41. The molecule has 12 heteroatoms. The zero-order valence-corrected chi connectivity index (χ0v) is 23.0. The number of ether oxygens (including phenoxy) is 3. The summed E-state index contributed by atoms with van der Waals surface area (Å²) in [7, 11) is 0. The number of aromatic amines is 1. The van der Waals surface area contributed by atoms with E-state index in [4.69, 9.17) is 14.2 Å². The molecule has 0 saturated heterocycles. The highest BCUT2D eigenvalue weighted by atomic mass is 19.4. The lowest BCUT2D eigenvalue weighted by Gasteiger charge is -2.30. The number of rotatable bonds is 7. The molecule has 5 rings (SSSR count). The maximum Gasteiger partial charge on any atom is 0.420 e. The number of halogens is 3. The van der Waals surface area contributed by atoms with Gasteiger partial charge in [-0.1, -0.05) is 13.0 Å². The quantitative estimate of drug-likeness (QED) is 0.228. The molecule has 1 atom stereocenters. The first-order chi connectivity index (χ1) is 20.0. The second-order valence-electron chi connectivity index (χ2n) is 10.5. The molecule has 1 aliphatic heterocycles. The van der Waals surface area contributed by atoms with Crippen molar-refractivity contribution in [3.05, 3.63) is 66.0 Å². The van der Waals surface area contributed by atoms with Gasteiger partial charge in [0.15, 0.2) is 0 Å². The normalized spacial score (nSPS) is 17.0. The second kappa shape index (κ2) is 11.3. The van der Waals surface area contributed by atoms with Gasteiger partial charge in [0.05, 0.1) is 30.2 Å². The van der Waals surface area contributed by atoms with Crippen LogP contribution >= 0.6 is 0 Å². The molecule has 42 heavy (non-hydrogen) atoms. The smallest absolute Gasteiger partial charge is 0.420 e. The average Bonchev–Trinajstić information content (AvgIpc) is 3.40. The van der Waals surface area contributed by atoms with Gasteiger partial charge in [-0.25, -0.2) is 9.98 Å². The van der Waals surface area contributed by atoms with Crippen LogP contribution in [0.15, 0.2) is 59.9 Å². The van der Waals surface area contributed by atoms with Gasteiger partial charge in [-0.3, -0.25) is 0 Å². The van der Waals surface area contributed by atoms with Gasteiger partial charge in [0.2, 0.25) is 0 Å². The van der Waals surface area contributed by atoms with Crippen molar-refractivity contribution < 1.29 is 32.5 Å². The van der Waals surface area contributed by atoms with E-state index in [0.717, 1.165) is 6.07 Å². The van der Waals surface area contributed by atoms with Crippen molar-refractivity contribution >= 4 is 22.7 Å². The summed E-state index contributed by atoms with van der Waals surface area (Å²) in [5.74, 6) is 0.165. The Balaban J connectivity index is 1.49. The highest BCUT2D eigenvalue weighted by molar-refractivity contribution is 5.98. The van der Waals surface area contributed by atoms with Crippen molar-refractivity contribution in [3.63, 3.8) is 0 Å². The Morgan fingerprint density at radius 3 is 2.62 bits per heavy atom. The van der Waals surface area contributed by atoms with E-state index in [9.17, 15) is 23.5 Å². The minimum atomic E-state index is -4.74. The highest BCUT2D eigenvalue weighted by Crippen LogP contribution is 2.43. The lowest BCUT2D eigenvalue weighted by Crippen LogP contribution is -2.38. The van der Waals surface area contributed by atoms with Gasteiger partial charge in [-0.05, 0) is 55.8 Å². The molecule has 0 aliphatic carbocycles. The molecule has 9 nitrogen and oxygen atoms in total. The van der Waals surface area contributed by atoms with Crippen LogP contribution < -0.4 is 14.8 Å². The Morgan fingerprint density at radius 2 is 1.95 bits per heavy atom. The largest absolute Gasteiger partial charge is 0.490 e. The Bertz CT molecular complexity index is 1690. The number of hydrogen-bond donors (Lipinski definition) is 3. The van der Waals surface area contributed by atoms with Crippen LogP contribution in [0.1, 0.15) is 31.9 Å². The second-order valence-corrected chi connectivity index (χ2v) is 10.5. The molecule has 3 heterocycles. The van der Waals surface area contributed by atoms with E-state index < -0.39 is 22.9 Å². The number of nitrogens with one attached hydrogen (secondary N) is 2. The van der Waals surface area contributed by atoms with Gasteiger partial charge in [0, 0.05) is 29.1 Å². The van der Waals surface area contributed by atoms with Crippen LogP contribution in [0.25, 0.3) is 22.2 Å². The highest BCUT2D eigenvalue weighted by Gasteiger charge is 2.36. The molecular weight excluding hydrogens is 551 g/mol. The Labute approximate surface area is 239 Å². The van der Waals surface area contributed by atoms with Crippen molar-refractivity contribution in [1.29, 1.82) is 5.26 Å². The third-order valence-corrected chi connectivity index (χ3v) is 6.61. The van der Waals surface area contributed by atoms with E-state index in [1.165, 1.54) is 24.4 Å².